The quantitative estimate of drug-likeness (QED) is 0.587. The fourth-order valence-electron chi connectivity index (χ4n) is 2.11. The summed E-state index contributed by atoms with van der Waals surface area (Å²) in [5.41, 5.74) is 1.29. The van der Waals surface area contributed by atoms with Gasteiger partial charge in [-0.2, -0.15) is 5.26 Å². The lowest BCUT2D eigenvalue weighted by Gasteiger charge is -2.20. The molecular formula is C17H21N3O3. The number of nitriles is 1. The highest BCUT2D eigenvalue weighted by Crippen LogP contribution is 2.15. The first kappa shape index (κ1) is 18.4. The molecule has 0 aromatic heterocycles. The summed E-state index contributed by atoms with van der Waals surface area (Å²) < 4.78 is 4.93. The lowest BCUT2D eigenvalue weighted by Crippen LogP contribution is -2.25. The van der Waals surface area contributed by atoms with Crippen LogP contribution >= 0.6 is 0 Å². The van der Waals surface area contributed by atoms with Crippen molar-refractivity contribution in [3.05, 3.63) is 29.8 Å². The van der Waals surface area contributed by atoms with Gasteiger partial charge in [0.25, 0.3) is 0 Å². The molecule has 1 aromatic carbocycles. The van der Waals surface area contributed by atoms with Crippen molar-refractivity contribution in [2.45, 2.75) is 20.8 Å². The molecule has 1 rings (SSSR count). The van der Waals surface area contributed by atoms with Gasteiger partial charge in [-0.1, -0.05) is 0 Å². The number of ether oxygens (including phenoxy) is 1. The number of nitrogens with one attached hydrogen (secondary N) is 1. The predicted molar refractivity (Wildman–Crippen MR) is 87.8 cm³/mol. The van der Waals surface area contributed by atoms with E-state index in [2.05, 4.69) is 4.90 Å². The number of rotatable bonds is 8. The highest BCUT2D eigenvalue weighted by atomic mass is 16.5. The molecule has 0 saturated heterocycles. The largest absolute Gasteiger partial charge is 0.454 e. The van der Waals surface area contributed by atoms with E-state index in [0.29, 0.717) is 5.56 Å². The molecule has 0 fully saturated rings. The van der Waals surface area contributed by atoms with Gasteiger partial charge in [-0.05, 0) is 45.0 Å². The summed E-state index contributed by atoms with van der Waals surface area (Å²) in [6.07, 6.45) is 0. The number of carbonyl (C=O) groups is 2. The van der Waals surface area contributed by atoms with Gasteiger partial charge >= 0.3 is 5.97 Å². The van der Waals surface area contributed by atoms with E-state index in [4.69, 9.17) is 15.4 Å². The fraction of sp³-hybridized carbons (Fsp3) is 0.412. The van der Waals surface area contributed by atoms with Crippen LogP contribution in [0.3, 0.4) is 0 Å². The number of Topliss-reactive ketones (excluding diaryl/α,β-unsaturated/α-hetero) is 1. The van der Waals surface area contributed by atoms with E-state index < -0.39 is 24.3 Å². The average Bonchev–Trinajstić information content (AvgIpc) is 2.54. The molecule has 1 aromatic rings. The SMILES string of the molecule is CCN(CC)c1ccc(C(=O)OCC(=O)[C@H](C#N)C(C)=N)cc1. The Balaban J connectivity index is 2.67. The summed E-state index contributed by atoms with van der Waals surface area (Å²) in [6.45, 7) is 6.70. The van der Waals surface area contributed by atoms with Crippen LogP contribution in [-0.2, 0) is 9.53 Å². The second-order valence-corrected chi connectivity index (χ2v) is 5.01. The normalized spacial score (nSPS) is 11.2. The topological polar surface area (TPSA) is 94.2 Å². The van der Waals surface area contributed by atoms with Crippen LogP contribution in [0.1, 0.15) is 31.1 Å². The maximum Gasteiger partial charge on any atom is 0.338 e. The van der Waals surface area contributed by atoms with Crippen LogP contribution < -0.4 is 4.90 Å². The Morgan fingerprint density at radius 2 is 1.83 bits per heavy atom. The second kappa shape index (κ2) is 8.69. The van der Waals surface area contributed by atoms with E-state index in [9.17, 15) is 9.59 Å². The van der Waals surface area contributed by atoms with Crippen molar-refractivity contribution in [2.24, 2.45) is 5.92 Å². The number of nitrogens with zero attached hydrogens (tertiary/aromatic N) is 2. The maximum atomic E-state index is 11.9. The number of hydrogen-bond acceptors (Lipinski definition) is 6. The van der Waals surface area contributed by atoms with Crippen molar-refractivity contribution < 1.29 is 14.3 Å². The minimum absolute atomic E-state index is 0.0582. The molecular weight excluding hydrogens is 294 g/mol. The van der Waals surface area contributed by atoms with Crippen LogP contribution in [0.5, 0.6) is 0 Å². The Morgan fingerprint density at radius 1 is 1.26 bits per heavy atom. The predicted octanol–water partition coefficient (Wildman–Crippen LogP) is 2.44. The van der Waals surface area contributed by atoms with Gasteiger partial charge in [0.1, 0.15) is 5.92 Å². The average molecular weight is 315 g/mol. The Bertz CT molecular complexity index is 613. The van der Waals surface area contributed by atoms with Crippen LogP contribution in [0.4, 0.5) is 5.69 Å². The number of anilines is 1. The first-order valence-electron chi connectivity index (χ1n) is 7.44. The molecule has 0 radical (unpaired) electrons. The number of carbonyl (C=O) groups excluding carboxylic acids is 2. The number of benzene rings is 1. The molecule has 0 unspecified atom stereocenters. The first-order valence-corrected chi connectivity index (χ1v) is 7.44. The monoisotopic (exact) mass is 315 g/mol. The molecule has 23 heavy (non-hydrogen) atoms. The fourth-order valence-corrected chi connectivity index (χ4v) is 2.11. The molecule has 0 aliphatic carbocycles. The van der Waals surface area contributed by atoms with Crippen molar-refractivity contribution in [3.63, 3.8) is 0 Å². The van der Waals surface area contributed by atoms with Gasteiger partial charge < -0.3 is 15.0 Å². The Hall–Kier alpha value is -2.68. The molecule has 0 amide bonds. The summed E-state index contributed by atoms with van der Waals surface area (Å²) in [5.74, 6) is -2.37. The summed E-state index contributed by atoms with van der Waals surface area (Å²) in [5, 5.41) is 16.2. The zero-order valence-electron chi connectivity index (χ0n) is 13.6. The van der Waals surface area contributed by atoms with Crippen molar-refractivity contribution in [1.82, 2.24) is 0 Å². The van der Waals surface area contributed by atoms with E-state index in [1.165, 1.54) is 6.92 Å². The van der Waals surface area contributed by atoms with Crippen LogP contribution in [0.15, 0.2) is 24.3 Å². The third-order valence-corrected chi connectivity index (χ3v) is 3.46. The molecule has 0 spiro atoms. The van der Waals surface area contributed by atoms with Gasteiger partial charge in [0.15, 0.2) is 12.4 Å². The lowest BCUT2D eigenvalue weighted by molar-refractivity contribution is -0.122. The molecule has 0 bridgehead atoms. The summed E-state index contributed by atoms with van der Waals surface area (Å²) in [7, 11) is 0. The van der Waals surface area contributed by atoms with Crippen molar-refractivity contribution in [3.8, 4) is 6.07 Å². The van der Waals surface area contributed by atoms with E-state index in [1.54, 1.807) is 18.2 Å². The first-order chi connectivity index (χ1) is 10.9. The van der Waals surface area contributed by atoms with Crippen LogP contribution in [-0.4, -0.2) is 37.2 Å². The summed E-state index contributed by atoms with van der Waals surface area (Å²) in [6, 6.07) is 8.66. The molecule has 1 N–H and O–H groups in total. The van der Waals surface area contributed by atoms with Crippen LogP contribution in [0, 0.1) is 22.7 Å². The Kier molecular flexibility index (Phi) is 6.94. The number of ketones is 1. The Labute approximate surface area is 136 Å². The van der Waals surface area contributed by atoms with Crippen LogP contribution in [0.25, 0.3) is 0 Å². The minimum atomic E-state index is -1.16. The van der Waals surface area contributed by atoms with E-state index in [1.807, 2.05) is 26.0 Å². The van der Waals surface area contributed by atoms with Crippen molar-refractivity contribution in [2.75, 3.05) is 24.6 Å². The zero-order valence-corrected chi connectivity index (χ0v) is 13.6. The van der Waals surface area contributed by atoms with Crippen molar-refractivity contribution in [1.29, 1.82) is 10.7 Å². The Morgan fingerprint density at radius 3 is 2.26 bits per heavy atom. The van der Waals surface area contributed by atoms with Gasteiger partial charge in [0.2, 0.25) is 0 Å². The van der Waals surface area contributed by atoms with E-state index in [-0.39, 0.29) is 5.71 Å². The molecule has 6 heteroatoms. The maximum absolute atomic E-state index is 11.9. The summed E-state index contributed by atoms with van der Waals surface area (Å²) >= 11 is 0. The van der Waals surface area contributed by atoms with Crippen LogP contribution in [0.2, 0.25) is 0 Å². The molecule has 0 saturated carbocycles. The zero-order chi connectivity index (χ0) is 17.4. The highest BCUT2D eigenvalue weighted by Gasteiger charge is 2.21. The second-order valence-electron chi connectivity index (χ2n) is 5.01. The third-order valence-electron chi connectivity index (χ3n) is 3.46. The number of hydrogen-bond donors (Lipinski definition) is 1. The molecule has 0 heterocycles. The molecule has 6 nitrogen and oxygen atoms in total. The van der Waals surface area contributed by atoms with Gasteiger partial charge in [0, 0.05) is 24.5 Å². The third kappa shape index (κ3) is 4.92. The molecule has 122 valence electrons. The van der Waals surface area contributed by atoms with Gasteiger partial charge in [-0.25, -0.2) is 4.79 Å². The van der Waals surface area contributed by atoms with Gasteiger partial charge in [-0.3, -0.25) is 4.79 Å². The molecule has 1 atom stereocenters. The highest BCUT2D eigenvalue weighted by molar-refractivity contribution is 6.06. The van der Waals surface area contributed by atoms with Gasteiger partial charge in [0.05, 0.1) is 11.6 Å². The van der Waals surface area contributed by atoms with Gasteiger partial charge in [-0.15, -0.1) is 0 Å². The minimum Gasteiger partial charge on any atom is -0.454 e. The van der Waals surface area contributed by atoms with Crippen molar-refractivity contribution >= 4 is 23.2 Å². The van der Waals surface area contributed by atoms with E-state index >= 15 is 0 Å². The van der Waals surface area contributed by atoms with E-state index in [0.717, 1.165) is 18.8 Å². The lowest BCUT2D eigenvalue weighted by atomic mass is 10.0. The standard InChI is InChI=1S/C17H21N3O3/c1-4-20(5-2)14-8-6-13(7-9-14)17(22)23-11-16(21)15(10-18)12(3)19/h6-9,15,19H,4-5,11H2,1-3H3/t15-/m1/s1. The summed E-state index contributed by atoms with van der Waals surface area (Å²) in [4.78, 5) is 25.8. The molecule has 0 aliphatic rings. The number of esters is 1. The molecule has 0 aliphatic heterocycles. The smallest absolute Gasteiger partial charge is 0.338 e.